The molecule has 0 radical (unpaired) electrons. The summed E-state index contributed by atoms with van der Waals surface area (Å²) in [6.45, 7) is 3.37. The SMILES string of the molecule is Cc1nc2c3cc(C)c(F)cc3[nH]c(=O)n2n1. The van der Waals surface area contributed by atoms with Gasteiger partial charge in [0, 0.05) is 5.39 Å². The van der Waals surface area contributed by atoms with Crippen LogP contribution >= 0.6 is 0 Å². The second-order valence-electron chi connectivity index (χ2n) is 3.97. The number of rotatable bonds is 0. The van der Waals surface area contributed by atoms with Gasteiger partial charge in [-0.3, -0.25) is 0 Å². The molecule has 0 aliphatic rings. The molecule has 3 rings (SSSR count). The normalized spacial score (nSPS) is 11.5. The molecule has 0 fully saturated rings. The molecule has 1 aromatic carbocycles. The Kier molecular flexibility index (Phi) is 1.83. The number of aromatic amines is 1. The summed E-state index contributed by atoms with van der Waals surface area (Å²) in [5.74, 6) is 0.152. The van der Waals surface area contributed by atoms with Gasteiger partial charge in [0.05, 0.1) is 5.52 Å². The predicted molar refractivity (Wildman–Crippen MR) is 60.5 cm³/mol. The van der Waals surface area contributed by atoms with Gasteiger partial charge in [-0.15, -0.1) is 5.10 Å². The lowest BCUT2D eigenvalue weighted by atomic mass is 10.1. The molecule has 0 atom stereocenters. The minimum Gasteiger partial charge on any atom is -0.305 e. The van der Waals surface area contributed by atoms with E-state index in [0.29, 0.717) is 27.9 Å². The van der Waals surface area contributed by atoms with Crippen LogP contribution in [-0.4, -0.2) is 19.6 Å². The number of H-pyrrole nitrogens is 1. The van der Waals surface area contributed by atoms with E-state index in [2.05, 4.69) is 15.1 Å². The van der Waals surface area contributed by atoms with Crippen molar-refractivity contribution in [2.24, 2.45) is 0 Å². The first-order chi connectivity index (χ1) is 8.06. The first-order valence-corrected chi connectivity index (χ1v) is 5.12. The summed E-state index contributed by atoms with van der Waals surface area (Å²) >= 11 is 0. The average molecular weight is 232 g/mol. The van der Waals surface area contributed by atoms with E-state index >= 15 is 0 Å². The molecular formula is C11H9FN4O. The number of hydrogen-bond donors (Lipinski definition) is 1. The molecule has 86 valence electrons. The number of aryl methyl sites for hydroxylation is 2. The van der Waals surface area contributed by atoms with Crippen molar-refractivity contribution in [1.29, 1.82) is 0 Å². The molecule has 17 heavy (non-hydrogen) atoms. The second kappa shape index (κ2) is 3.13. The van der Waals surface area contributed by atoms with E-state index in [0.717, 1.165) is 0 Å². The Balaban J connectivity index is 2.62. The first-order valence-electron chi connectivity index (χ1n) is 5.12. The van der Waals surface area contributed by atoms with Gasteiger partial charge in [0.1, 0.15) is 11.6 Å². The Morgan fingerprint density at radius 2 is 2.12 bits per heavy atom. The average Bonchev–Trinajstić information content (AvgIpc) is 2.64. The molecule has 0 aliphatic carbocycles. The highest BCUT2D eigenvalue weighted by Crippen LogP contribution is 2.19. The van der Waals surface area contributed by atoms with Crippen LogP contribution < -0.4 is 5.69 Å². The summed E-state index contributed by atoms with van der Waals surface area (Å²) in [7, 11) is 0. The third-order valence-corrected chi connectivity index (χ3v) is 2.69. The van der Waals surface area contributed by atoms with Gasteiger partial charge >= 0.3 is 5.69 Å². The molecule has 1 N–H and O–H groups in total. The highest BCUT2D eigenvalue weighted by molar-refractivity contribution is 5.91. The molecule has 0 spiro atoms. The number of aromatic nitrogens is 4. The molecule has 0 unspecified atom stereocenters. The van der Waals surface area contributed by atoms with Gasteiger partial charge in [-0.25, -0.2) is 14.2 Å². The zero-order valence-corrected chi connectivity index (χ0v) is 9.28. The molecule has 2 aromatic heterocycles. The van der Waals surface area contributed by atoms with Gasteiger partial charge in [0.15, 0.2) is 5.65 Å². The Morgan fingerprint density at radius 1 is 1.35 bits per heavy atom. The molecule has 0 bridgehead atoms. The van der Waals surface area contributed by atoms with Crippen molar-refractivity contribution in [2.45, 2.75) is 13.8 Å². The van der Waals surface area contributed by atoms with Gasteiger partial charge in [0.2, 0.25) is 0 Å². The Morgan fingerprint density at radius 3 is 2.88 bits per heavy atom. The summed E-state index contributed by atoms with van der Waals surface area (Å²) in [5, 5.41) is 4.67. The number of halogens is 1. The van der Waals surface area contributed by atoms with E-state index in [4.69, 9.17) is 0 Å². The number of benzene rings is 1. The molecule has 6 heteroatoms. The van der Waals surface area contributed by atoms with Crippen LogP contribution in [0.25, 0.3) is 16.6 Å². The second-order valence-corrected chi connectivity index (χ2v) is 3.97. The molecular weight excluding hydrogens is 223 g/mol. The fraction of sp³-hybridized carbons (Fsp3) is 0.182. The first kappa shape index (κ1) is 9.95. The smallest absolute Gasteiger partial charge is 0.305 e. The van der Waals surface area contributed by atoms with E-state index in [1.54, 1.807) is 19.9 Å². The lowest BCUT2D eigenvalue weighted by Gasteiger charge is -2.02. The zero-order valence-electron chi connectivity index (χ0n) is 9.28. The Hall–Kier alpha value is -2.24. The Labute approximate surface area is 94.9 Å². The fourth-order valence-electron chi connectivity index (χ4n) is 1.87. The molecule has 0 saturated heterocycles. The van der Waals surface area contributed by atoms with Gasteiger partial charge in [-0.05, 0) is 31.5 Å². The highest BCUT2D eigenvalue weighted by atomic mass is 19.1. The Bertz CT molecular complexity index is 802. The van der Waals surface area contributed by atoms with Crippen LogP contribution in [0.15, 0.2) is 16.9 Å². The summed E-state index contributed by atoms with van der Waals surface area (Å²) in [6, 6.07) is 2.96. The quantitative estimate of drug-likeness (QED) is 0.636. The van der Waals surface area contributed by atoms with E-state index in [9.17, 15) is 9.18 Å². The summed E-state index contributed by atoms with van der Waals surface area (Å²) in [6.07, 6.45) is 0. The lowest BCUT2D eigenvalue weighted by Crippen LogP contribution is -2.17. The van der Waals surface area contributed by atoms with E-state index < -0.39 is 5.69 Å². The third-order valence-electron chi connectivity index (χ3n) is 2.69. The highest BCUT2D eigenvalue weighted by Gasteiger charge is 2.10. The summed E-state index contributed by atoms with van der Waals surface area (Å²) < 4.78 is 14.6. The largest absolute Gasteiger partial charge is 0.348 e. The van der Waals surface area contributed by atoms with Crippen LogP contribution in [-0.2, 0) is 0 Å². The number of nitrogens with one attached hydrogen (secondary N) is 1. The van der Waals surface area contributed by atoms with Crippen molar-refractivity contribution in [3.8, 4) is 0 Å². The number of hydrogen-bond acceptors (Lipinski definition) is 3. The molecule has 3 aromatic rings. The zero-order chi connectivity index (χ0) is 12.2. The van der Waals surface area contributed by atoms with Crippen LogP contribution in [0.1, 0.15) is 11.4 Å². The number of fused-ring (bicyclic) bond motifs is 3. The maximum Gasteiger partial charge on any atom is 0.348 e. The van der Waals surface area contributed by atoms with Crippen molar-refractivity contribution >= 4 is 16.6 Å². The van der Waals surface area contributed by atoms with Crippen molar-refractivity contribution in [3.63, 3.8) is 0 Å². The van der Waals surface area contributed by atoms with E-state index in [-0.39, 0.29) is 5.82 Å². The minimum atomic E-state index is -0.420. The van der Waals surface area contributed by atoms with Crippen molar-refractivity contribution in [2.75, 3.05) is 0 Å². The van der Waals surface area contributed by atoms with Crippen LogP contribution in [0.3, 0.4) is 0 Å². The predicted octanol–water partition coefficient (Wildman–Crippen LogP) is 1.33. The lowest BCUT2D eigenvalue weighted by molar-refractivity contribution is 0.620. The summed E-state index contributed by atoms with van der Waals surface area (Å²) in [5.41, 5.74) is 0.964. The molecule has 2 heterocycles. The van der Waals surface area contributed by atoms with Gasteiger partial charge in [0.25, 0.3) is 0 Å². The van der Waals surface area contributed by atoms with Crippen LogP contribution in [0.2, 0.25) is 0 Å². The van der Waals surface area contributed by atoms with E-state index in [1.165, 1.54) is 10.6 Å². The van der Waals surface area contributed by atoms with Crippen LogP contribution in [0.4, 0.5) is 4.39 Å². The fourth-order valence-corrected chi connectivity index (χ4v) is 1.87. The van der Waals surface area contributed by atoms with Crippen molar-refractivity contribution in [1.82, 2.24) is 19.6 Å². The van der Waals surface area contributed by atoms with Gasteiger partial charge < -0.3 is 4.98 Å². The number of nitrogens with zero attached hydrogens (tertiary/aromatic N) is 3. The van der Waals surface area contributed by atoms with Gasteiger partial charge in [-0.2, -0.15) is 4.52 Å². The van der Waals surface area contributed by atoms with Crippen LogP contribution in [0, 0.1) is 19.7 Å². The molecule has 5 nitrogen and oxygen atoms in total. The third kappa shape index (κ3) is 1.33. The molecule has 0 saturated carbocycles. The van der Waals surface area contributed by atoms with Crippen molar-refractivity contribution in [3.05, 3.63) is 39.8 Å². The topological polar surface area (TPSA) is 63.0 Å². The molecule has 0 aliphatic heterocycles. The van der Waals surface area contributed by atoms with Crippen molar-refractivity contribution < 1.29 is 4.39 Å². The monoisotopic (exact) mass is 232 g/mol. The van der Waals surface area contributed by atoms with E-state index in [1.807, 2.05) is 0 Å². The standard InChI is InChI=1S/C11H9FN4O/c1-5-3-7-9(4-8(5)12)14-11(17)16-10(7)13-6(2)15-16/h3-4H,1-2H3,(H,14,17). The minimum absolute atomic E-state index is 0.353. The van der Waals surface area contributed by atoms with Crippen LogP contribution in [0.5, 0.6) is 0 Å². The summed E-state index contributed by atoms with van der Waals surface area (Å²) in [4.78, 5) is 18.4. The maximum atomic E-state index is 13.4. The van der Waals surface area contributed by atoms with Gasteiger partial charge in [-0.1, -0.05) is 0 Å². The maximum absolute atomic E-state index is 13.4. The molecule has 0 amide bonds.